The van der Waals surface area contributed by atoms with Gasteiger partial charge in [0.2, 0.25) is 5.88 Å². The lowest BCUT2D eigenvalue weighted by molar-refractivity contribution is -0.162. The molecular weight excluding hydrogens is 517 g/mol. The van der Waals surface area contributed by atoms with Gasteiger partial charge in [-0.05, 0) is 51.8 Å². The summed E-state index contributed by atoms with van der Waals surface area (Å²) >= 11 is 0. The smallest absolute Gasteiger partial charge is 0.320 e. The molecule has 0 spiro atoms. The Hall–Kier alpha value is -3.57. The Bertz CT molecular complexity index is 1280. The van der Waals surface area contributed by atoms with Gasteiger partial charge in [0.1, 0.15) is 17.5 Å². The van der Waals surface area contributed by atoms with Gasteiger partial charge in [-0.25, -0.2) is 9.37 Å². The molecule has 5 rings (SSSR count). The molecule has 3 aromatic rings. The Morgan fingerprint density at radius 1 is 1.15 bits per heavy atom. The first-order chi connectivity index (χ1) is 19.2. The van der Waals surface area contributed by atoms with Crippen molar-refractivity contribution in [3.63, 3.8) is 0 Å². The lowest BCUT2D eigenvalue weighted by atomic mass is 9.81. The maximum atomic E-state index is 15.7. The van der Waals surface area contributed by atoms with Crippen molar-refractivity contribution in [1.29, 1.82) is 0 Å². The molecule has 0 aliphatic carbocycles. The number of aromatic nitrogens is 4. The fourth-order valence-corrected chi connectivity index (χ4v) is 5.51. The zero-order valence-corrected chi connectivity index (χ0v) is 23.3. The SMILES string of the molecule is COCOc1cc(-n2ccnc2)ccc1-c1ccc(O[C@H]2CC3CCCC([C@@H]2F)N3CC(=O)OC(C)(C)C)nn1. The molecule has 10 nitrogen and oxygen atoms in total. The number of methoxy groups -OCH3 is 1. The molecule has 214 valence electrons. The molecule has 4 heterocycles. The summed E-state index contributed by atoms with van der Waals surface area (Å²) in [5.41, 5.74) is 1.61. The summed E-state index contributed by atoms with van der Waals surface area (Å²) < 4.78 is 40.0. The van der Waals surface area contributed by atoms with E-state index in [9.17, 15) is 4.79 Å². The normalized spacial score (nSPS) is 23.0. The highest BCUT2D eigenvalue weighted by molar-refractivity contribution is 5.72. The van der Waals surface area contributed by atoms with Crippen LogP contribution in [-0.4, -0.2) is 81.0 Å². The Balaban J connectivity index is 1.28. The average molecular weight is 554 g/mol. The van der Waals surface area contributed by atoms with Crippen LogP contribution in [0, 0.1) is 0 Å². The molecule has 0 radical (unpaired) electrons. The zero-order valence-electron chi connectivity index (χ0n) is 23.3. The van der Waals surface area contributed by atoms with Crippen LogP contribution in [0.5, 0.6) is 11.6 Å². The van der Waals surface area contributed by atoms with Crippen molar-refractivity contribution in [1.82, 2.24) is 24.6 Å². The van der Waals surface area contributed by atoms with E-state index in [0.717, 1.165) is 24.1 Å². The second kappa shape index (κ2) is 11.9. The van der Waals surface area contributed by atoms with Crippen LogP contribution in [0.25, 0.3) is 16.9 Å². The number of ether oxygens (including phenoxy) is 4. The summed E-state index contributed by atoms with van der Waals surface area (Å²) in [4.78, 5) is 18.5. The third-order valence-corrected chi connectivity index (χ3v) is 7.18. The van der Waals surface area contributed by atoms with E-state index in [1.54, 1.807) is 31.8 Å². The number of hydrogen-bond acceptors (Lipinski definition) is 9. The average Bonchev–Trinajstić information content (AvgIpc) is 3.45. The predicted octanol–water partition coefficient (Wildman–Crippen LogP) is 4.37. The van der Waals surface area contributed by atoms with Crippen molar-refractivity contribution >= 4 is 5.97 Å². The quantitative estimate of drug-likeness (QED) is 0.282. The number of piperidine rings is 2. The van der Waals surface area contributed by atoms with Crippen molar-refractivity contribution < 1.29 is 28.1 Å². The van der Waals surface area contributed by atoms with Crippen molar-refractivity contribution in [3.8, 4) is 28.6 Å². The number of fused-ring (bicyclic) bond motifs is 2. The number of rotatable bonds is 9. The van der Waals surface area contributed by atoms with E-state index in [4.69, 9.17) is 18.9 Å². The number of halogens is 1. The highest BCUT2D eigenvalue weighted by atomic mass is 19.1. The van der Waals surface area contributed by atoms with Gasteiger partial charge in [0.25, 0.3) is 0 Å². The van der Waals surface area contributed by atoms with E-state index >= 15 is 4.39 Å². The van der Waals surface area contributed by atoms with Crippen molar-refractivity contribution in [2.24, 2.45) is 0 Å². The number of esters is 1. The molecule has 0 N–H and O–H groups in total. The number of carbonyl (C=O) groups is 1. The van der Waals surface area contributed by atoms with Gasteiger partial charge >= 0.3 is 5.97 Å². The van der Waals surface area contributed by atoms with Crippen molar-refractivity contribution in [3.05, 3.63) is 49.1 Å². The van der Waals surface area contributed by atoms with Gasteiger partial charge in [-0.1, -0.05) is 6.42 Å². The summed E-state index contributed by atoms with van der Waals surface area (Å²) in [6.45, 7) is 5.66. The maximum Gasteiger partial charge on any atom is 0.320 e. The molecule has 0 saturated carbocycles. The second-order valence-corrected chi connectivity index (χ2v) is 11.2. The van der Waals surface area contributed by atoms with Gasteiger partial charge in [-0.3, -0.25) is 9.69 Å². The summed E-state index contributed by atoms with van der Waals surface area (Å²) in [6.07, 6.45) is 6.27. The third kappa shape index (κ3) is 6.42. The number of benzene rings is 1. The molecule has 2 saturated heterocycles. The third-order valence-electron chi connectivity index (χ3n) is 7.18. The number of alkyl halides is 1. The van der Waals surface area contributed by atoms with Crippen molar-refractivity contribution in [2.75, 3.05) is 20.4 Å². The summed E-state index contributed by atoms with van der Waals surface area (Å²) in [6, 6.07) is 8.82. The van der Waals surface area contributed by atoms with Crippen LogP contribution in [0.15, 0.2) is 49.1 Å². The monoisotopic (exact) mass is 553 g/mol. The lowest BCUT2D eigenvalue weighted by Gasteiger charge is -2.49. The van der Waals surface area contributed by atoms with E-state index in [1.807, 2.05) is 54.6 Å². The van der Waals surface area contributed by atoms with Crippen LogP contribution in [0.2, 0.25) is 0 Å². The number of nitrogens with zero attached hydrogens (tertiary/aromatic N) is 5. The standard InChI is InChI=1S/C29H36FN5O5/c1-29(2,3)40-27(36)16-35-20-6-5-7-23(35)28(30)25(15-20)39-26-11-10-22(32-33-26)21-9-8-19(34-13-12-31-17-34)14-24(21)38-18-37-4/h8-14,17,20,23,25,28H,5-7,15-16,18H2,1-4H3/t20?,23?,25-,28-/m0/s1. The minimum Gasteiger partial charge on any atom is -0.470 e. The minimum atomic E-state index is -1.26. The largest absolute Gasteiger partial charge is 0.470 e. The molecule has 2 bridgehead atoms. The van der Waals surface area contributed by atoms with E-state index in [2.05, 4.69) is 15.2 Å². The number of carbonyl (C=O) groups excluding carboxylic acids is 1. The van der Waals surface area contributed by atoms with E-state index < -0.39 is 23.9 Å². The highest BCUT2D eigenvalue weighted by Gasteiger charge is 2.47. The van der Waals surface area contributed by atoms with Crippen LogP contribution in [0.4, 0.5) is 4.39 Å². The molecule has 2 aliphatic heterocycles. The fourth-order valence-electron chi connectivity index (χ4n) is 5.51. The summed E-state index contributed by atoms with van der Waals surface area (Å²) in [5, 5.41) is 8.60. The first-order valence-corrected chi connectivity index (χ1v) is 13.6. The summed E-state index contributed by atoms with van der Waals surface area (Å²) in [7, 11) is 1.56. The number of imidazole rings is 1. The zero-order chi connectivity index (χ0) is 28.3. The molecule has 2 aliphatic rings. The molecule has 4 atom stereocenters. The van der Waals surface area contributed by atoms with Crippen LogP contribution < -0.4 is 9.47 Å². The van der Waals surface area contributed by atoms with Gasteiger partial charge in [0, 0.05) is 55.7 Å². The maximum absolute atomic E-state index is 15.7. The van der Waals surface area contributed by atoms with E-state index in [1.165, 1.54) is 0 Å². The van der Waals surface area contributed by atoms with E-state index in [-0.39, 0.29) is 31.2 Å². The summed E-state index contributed by atoms with van der Waals surface area (Å²) in [5.74, 6) is 0.499. The Kier molecular flexibility index (Phi) is 8.32. The Labute approximate surface area is 233 Å². The van der Waals surface area contributed by atoms with Gasteiger partial charge in [0.05, 0.1) is 24.3 Å². The minimum absolute atomic E-state index is 0.0463. The fraction of sp³-hybridized carbons (Fsp3) is 0.517. The molecule has 2 fully saturated rings. The topological polar surface area (TPSA) is 101 Å². The molecule has 2 aromatic heterocycles. The Morgan fingerprint density at radius 2 is 2.00 bits per heavy atom. The van der Waals surface area contributed by atoms with Gasteiger partial charge in [-0.2, -0.15) is 0 Å². The van der Waals surface area contributed by atoms with Crippen LogP contribution in [0.3, 0.4) is 0 Å². The van der Waals surface area contributed by atoms with Crippen LogP contribution in [0.1, 0.15) is 46.5 Å². The van der Waals surface area contributed by atoms with Gasteiger partial charge in [0.15, 0.2) is 13.0 Å². The Morgan fingerprint density at radius 3 is 2.70 bits per heavy atom. The molecule has 1 aromatic carbocycles. The van der Waals surface area contributed by atoms with E-state index in [0.29, 0.717) is 24.3 Å². The molecule has 0 amide bonds. The van der Waals surface area contributed by atoms with Crippen LogP contribution in [-0.2, 0) is 14.3 Å². The molecular formula is C29H36FN5O5. The van der Waals surface area contributed by atoms with Gasteiger partial charge < -0.3 is 23.5 Å². The molecule has 40 heavy (non-hydrogen) atoms. The first-order valence-electron chi connectivity index (χ1n) is 13.6. The highest BCUT2D eigenvalue weighted by Crippen LogP contribution is 2.38. The first kappa shape index (κ1) is 28.0. The lowest BCUT2D eigenvalue weighted by Crippen LogP contribution is -2.62. The second-order valence-electron chi connectivity index (χ2n) is 11.2. The molecule has 11 heteroatoms. The predicted molar refractivity (Wildman–Crippen MR) is 145 cm³/mol. The number of hydrogen-bond donors (Lipinski definition) is 0. The van der Waals surface area contributed by atoms with Crippen LogP contribution >= 0.6 is 0 Å². The van der Waals surface area contributed by atoms with Crippen molar-refractivity contribution in [2.45, 2.75) is 76.4 Å². The van der Waals surface area contributed by atoms with Gasteiger partial charge in [-0.15, -0.1) is 10.2 Å². The molecule has 2 unspecified atom stereocenters.